The van der Waals surface area contributed by atoms with Gasteiger partial charge in [-0.1, -0.05) is 23.7 Å². The Labute approximate surface area is 91.0 Å². The van der Waals surface area contributed by atoms with E-state index in [1.807, 2.05) is 0 Å². The molecule has 84 valence electrons. The van der Waals surface area contributed by atoms with Gasteiger partial charge in [0.05, 0.1) is 0 Å². The van der Waals surface area contributed by atoms with Crippen molar-refractivity contribution in [2.75, 3.05) is 0 Å². The number of hydrogen-bond donors (Lipinski definition) is 1. The predicted octanol–water partition coefficient (Wildman–Crippen LogP) is 3.68. The van der Waals surface area contributed by atoms with Gasteiger partial charge in [0.25, 0.3) is 0 Å². The number of nitrogens with two attached hydrogens (primary N) is 1. The van der Waals surface area contributed by atoms with Gasteiger partial charge >= 0.3 is 6.18 Å². The summed E-state index contributed by atoms with van der Waals surface area (Å²) in [4.78, 5) is 0. The summed E-state index contributed by atoms with van der Waals surface area (Å²) in [5, 5.41) is 0.481. The lowest BCUT2D eigenvalue weighted by molar-refractivity contribution is -0.136. The normalized spacial score (nSPS) is 13.9. The van der Waals surface area contributed by atoms with E-state index in [0.717, 1.165) is 0 Å². The maximum Gasteiger partial charge on any atom is 0.389 e. The van der Waals surface area contributed by atoms with Crippen molar-refractivity contribution < 1.29 is 13.2 Å². The molecule has 0 unspecified atom stereocenters. The lowest BCUT2D eigenvalue weighted by Gasteiger charge is -2.13. The fourth-order valence-corrected chi connectivity index (χ4v) is 1.42. The number of alkyl halides is 3. The number of benzene rings is 1. The molecule has 0 heterocycles. The summed E-state index contributed by atoms with van der Waals surface area (Å²) < 4.78 is 35.8. The van der Waals surface area contributed by atoms with Crippen LogP contribution in [-0.4, -0.2) is 6.18 Å². The van der Waals surface area contributed by atoms with Crippen molar-refractivity contribution in [1.29, 1.82) is 0 Å². The molecule has 0 aliphatic rings. The molecule has 1 atom stereocenters. The number of hydrogen-bond acceptors (Lipinski definition) is 1. The quantitative estimate of drug-likeness (QED) is 0.853. The third-order valence-electron chi connectivity index (χ3n) is 2.02. The summed E-state index contributed by atoms with van der Waals surface area (Å²) in [6.07, 6.45) is -5.15. The first-order valence-corrected chi connectivity index (χ1v) is 4.84. The molecule has 0 fully saturated rings. The Hall–Kier alpha value is -0.740. The smallest absolute Gasteiger partial charge is 0.324 e. The topological polar surface area (TPSA) is 26.0 Å². The maximum absolute atomic E-state index is 11.9. The first-order valence-electron chi connectivity index (χ1n) is 4.46. The monoisotopic (exact) mass is 237 g/mol. The van der Waals surface area contributed by atoms with Crippen molar-refractivity contribution in [2.24, 2.45) is 5.73 Å². The highest BCUT2D eigenvalue weighted by Gasteiger charge is 2.27. The zero-order valence-electron chi connectivity index (χ0n) is 7.89. The van der Waals surface area contributed by atoms with Gasteiger partial charge < -0.3 is 5.73 Å². The van der Waals surface area contributed by atoms with E-state index in [4.69, 9.17) is 17.3 Å². The zero-order chi connectivity index (χ0) is 11.5. The first-order chi connectivity index (χ1) is 6.88. The molecule has 0 saturated heterocycles. The highest BCUT2D eigenvalue weighted by atomic mass is 35.5. The van der Waals surface area contributed by atoms with Gasteiger partial charge in [-0.15, -0.1) is 0 Å². The van der Waals surface area contributed by atoms with Crippen LogP contribution in [0.5, 0.6) is 0 Å². The van der Waals surface area contributed by atoms with Crippen LogP contribution in [0.25, 0.3) is 0 Å². The van der Waals surface area contributed by atoms with Crippen LogP contribution in [0.15, 0.2) is 24.3 Å². The lowest BCUT2D eigenvalue weighted by atomic mass is 10.0. The summed E-state index contributed by atoms with van der Waals surface area (Å²) >= 11 is 5.70. The average Bonchev–Trinajstić information content (AvgIpc) is 2.13. The number of halogens is 4. The Bertz CT molecular complexity index is 325. The van der Waals surface area contributed by atoms with Crippen LogP contribution in [0.4, 0.5) is 13.2 Å². The third-order valence-corrected chi connectivity index (χ3v) is 2.25. The molecular weight excluding hydrogens is 227 g/mol. The average molecular weight is 238 g/mol. The summed E-state index contributed by atoms with van der Waals surface area (Å²) in [6, 6.07) is 5.97. The highest BCUT2D eigenvalue weighted by molar-refractivity contribution is 6.30. The van der Waals surface area contributed by atoms with Crippen molar-refractivity contribution >= 4 is 11.6 Å². The van der Waals surface area contributed by atoms with Gasteiger partial charge in [0.15, 0.2) is 0 Å². The summed E-state index contributed by atoms with van der Waals surface area (Å²) in [5.41, 5.74) is 6.24. The summed E-state index contributed by atoms with van der Waals surface area (Å²) in [5.74, 6) is 0. The highest BCUT2D eigenvalue weighted by Crippen LogP contribution is 2.27. The van der Waals surface area contributed by atoms with Crippen LogP contribution < -0.4 is 5.73 Å². The Morgan fingerprint density at radius 3 is 2.53 bits per heavy atom. The van der Waals surface area contributed by atoms with E-state index < -0.39 is 18.6 Å². The van der Waals surface area contributed by atoms with Gasteiger partial charge in [0.1, 0.15) is 0 Å². The molecular formula is C10H11ClF3N. The molecule has 5 heteroatoms. The summed E-state index contributed by atoms with van der Waals surface area (Å²) in [6.45, 7) is 0. The molecule has 15 heavy (non-hydrogen) atoms. The van der Waals surface area contributed by atoms with E-state index in [-0.39, 0.29) is 6.42 Å². The van der Waals surface area contributed by atoms with E-state index in [2.05, 4.69) is 0 Å². The third kappa shape index (κ3) is 4.53. The minimum absolute atomic E-state index is 0.121. The van der Waals surface area contributed by atoms with Crippen LogP contribution in [0.3, 0.4) is 0 Å². The Balaban J connectivity index is 2.58. The SMILES string of the molecule is N[C@H](CCC(F)(F)F)c1cccc(Cl)c1. The van der Waals surface area contributed by atoms with Crippen LogP contribution in [0, 0.1) is 0 Å². The minimum atomic E-state index is -4.16. The van der Waals surface area contributed by atoms with E-state index >= 15 is 0 Å². The van der Waals surface area contributed by atoms with Crippen LogP contribution in [0.1, 0.15) is 24.4 Å². The van der Waals surface area contributed by atoms with E-state index in [9.17, 15) is 13.2 Å². The predicted molar refractivity (Wildman–Crippen MR) is 53.7 cm³/mol. The van der Waals surface area contributed by atoms with Crippen molar-refractivity contribution in [2.45, 2.75) is 25.1 Å². The molecule has 1 rings (SSSR count). The molecule has 0 aliphatic heterocycles. The van der Waals surface area contributed by atoms with Gasteiger partial charge in [-0.05, 0) is 24.1 Å². The first kappa shape index (κ1) is 12.3. The van der Waals surface area contributed by atoms with Gasteiger partial charge in [0.2, 0.25) is 0 Å². The molecule has 1 aromatic rings. The van der Waals surface area contributed by atoms with Gasteiger partial charge in [-0.25, -0.2) is 0 Å². The molecule has 0 aromatic heterocycles. The second kappa shape index (κ2) is 4.86. The Morgan fingerprint density at radius 2 is 2.00 bits per heavy atom. The molecule has 0 saturated carbocycles. The molecule has 1 aromatic carbocycles. The van der Waals surface area contributed by atoms with E-state index in [1.54, 1.807) is 24.3 Å². The lowest BCUT2D eigenvalue weighted by Crippen LogP contribution is -2.15. The molecule has 0 spiro atoms. The van der Waals surface area contributed by atoms with Crippen LogP contribution >= 0.6 is 11.6 Å². The molecule has 1 nitrogen and oxygen atoms in total. The maximum atomic E-state index is 11.9. The van der Waals surface area contributed by atoms with Crippen LogP contribution in [0.2, 0.25) is 5.02 Å². The Morgan fingerprint density at radius 1 is 1.33 bits per heavy atom. The fourth-order valence-electron chi connectivity index (χ4n) is 1.22. The van der Waals surface area contributed by atoms with Gasteiger partial charge in [-0.2, -0.15) is 13.2 Å². The largest absolute Gasteiger partial charge is 0.389 e. The standard InChI is InChI=1S/C10H11ClF3N/c11-8-3-1-2-7(6-8)9(15)4-5-10(12,13)14/h1-3,6,9H,4-5,15H2/t9-/m1/s1. The molecule has 0 bridgehead atoms. The van der Waals surface area contributed by atoms with Gasteiger partial charge in [-0.3, -0.25) is 0 Å². The van der Waals surface area contributed by atoms with Crippen molar-refractivity contribution in [3.63, 3.8) is 0 Å². The second-order valence-corrected chi connectivity index (χ2v) is 3.75. The van der Waals surface area contributed by atoms with Gasteiger partial charge in [0, 0.05) is 17.5 Å². The molecule has 0 amide bonds. The summed E-state index contributed by atoms with van der Waals surface area (Å²) in [7, 11) is 0. The second-order valence-electron chi connectivity index (χ2n) is 3.32. The van der Waals surface area contributed by atoms with Crippen molar-refractivity contribution in [1.82, 2.24) is 0 Å². The zero-order valence-corrected chi connectivity index (χ0v) is 8.65. The minimum Gasteiger partial charge on any atom is -0.324 e. The van der Waals surface area contributed by atoms with Crippen LogP contribution in [-0.2, 0) is 0 Å². The Kier molecular flexibility index (Phi) is 3.99. The molecule has 0 radical (unpaired) electrons. The number of rotatable bonds is 3. The fraction of sp³-hybridized carbons (Fsp3) is 0.400. The van der Waals surface area contributed by atoms with Crippen molar-refractivity contribution in [3.8, 4) is 0 Å². The van der Waals surface area contributed by atoms with E-state index in [0.29, 0.717) is 10.6 Å². The van der Waals surface area contributed by atoms with E-state index in [1.165, 1.54) is 0 Å². The van der Waals surface area contributed by atoms with Crippen molar-refractivity contribution in [3.05, 3.63) is 34.9 Å². The molecule has 2 N–H and O–H groups in total. The molecule has 0 aliphatic carbocycles.